The molecule has 0 N–H and O–H groups in total. The SMILES string of the molecule is Cc1cc(C)c(CSSC(=O)OCCn2c(=O)n(CCOC(=O)SSCc3c(C)cc(C)cc3C)c(=O)n(CCOC(=O)SSCc3c(C)cc(C)cc3C)c2=O)c(C)c1. The summed E-state index contributed by atoms with van der Waals surface area (Å²) < 4.78 is 18.4. The third kappa shape index (κ3) is 14.3. The second-order valence-corrected chi connectivity index (χ2v) is 21.0. The van der Waals surface area contributed by atoms with E-state index in [2.05, 4.69) is 36.4 Å². The molecule has 0 saturated carbocycles. The molecule has 0 fully saturated rings. The Morgan fingerprint density at radius 1 is 0.417 bits per heavy atom. The standard InChI is InChI=1S/C42H51N3O9S6/c1-25-16-28(4)34(29(5)17-25)22-55-58-40(49)52-13-10-43-37(46)44(11-14-53-41(50)59-56-23-35-30(6)18-26(2)19-31(35)7)39(48)45(38(43)47)12-15-54-42(51)60-57-24-36-32(8)20-27(3)21-33(36)9/h16-21H,10-15,22-24H2,1-9H3. The van der Waals surface area contributed by atoms with Gasteiger partial charge in [0.2, 0.25) is 0 Å². The minimum absolute atomic E-state index is 0.326. The van der Waals surface area contributed by atoms with Crippen LogP contribution in [0.1, 0.15) is 66.8 Å². The van der Waals surface area contributed by atoms with Crippen LogP contribution in [0.15, 0.2) is 50.8 Å². The van der Waals surface area contributed by atoms with Crippen molar-refractivity contribution in [2.75, 3.05) is 19.8 Å². The third-order valence-electron chi connectivity index (χ3n) is 9.50. The number of hydrogen-bond donors (Lipinski definition) is 0. The van der Waals surface area contributed by atoms with Gasteiger partial charge in [-0.25, -0.2) is 42.5 Å². The Bertz CT molecular complexity index is 2030. The van der Waals surface area contributed by atoms with Crippen LogP contribution < -0.4 is 17.1 Å². The van der Waals surface area contributed by atoms with E-state index < -0.39 is 33.0 Å². The summed E-state index contributed by atoms with van der Waals surface area (Å²) >= 11 is 0. The highest BCUT2D eigenvalue weighted by molar-refractivity contribution is 8.82. The van der Waals surface area contributed by atoms with Crippen molar-refractivity contribution < 1.29 is 28.6 Å². The van der Waals surface area contributed by atoms with E-state index in [1.807, 2.05) is 62.3 Å². The zero-order valence-corrected chi connectivity index (χ0v) is 40.2. The van der Waals surface area contributed by atoms with Crippen molar-refractivity contribution in [2.24, 2.45) is 0 Å². The van der Waals surface area contributed by atoms with Crippen molar-refractivity contribution in [3.05, 3.63) is 135 Å². The Labute approximate surface area is 374 Å². The van der Waals surface area contributed by atoms with Crippen molar-refractivity contribution >= 4 is 80.7 Å². The molecule has 0 aliphatic rings. The smallest absolute Gasteiger partial charge is 0.378 e. The van der Waals surface area contributed by atoms with Gasteiger partial charge in [-0.05, 0) is 112 Å². The molecule has 60 heavy (non-hydrogen) atoms. The zero-order valence-electron chi connectivity index (χ0n) is 35.3. The first kappa shape index (κ1) is 49.2. The van der Waals surface area contributed by atoms with E-state index in [1.54, 1.807) is 0 Å². The van der Waals surface area contributed by atoms with Crippen molar-refractivity contribution in [3.8, 4) is 0 Å². The van der Waals surface area contributed by atoms with Crippen molar-refractivity contribution in [1.82, 2.24) is 13.7 Å². The number of ether oxygens (including phenoxy) is 3. The Hall–Kier alpha value is -3.42. The maximum absolute atomic E-state index is 13.6. The van der Waals surface area contributed by atoms with Gasteiger partial charge < -0.3 is 14.2 Å². The van der Waals surface area contributed by atoms with E-state index in [0.717, 1.165) is 113 Å². The maximum atomic E-state index is 13.6. The molecule has 12 nitrogen and oxygen atoms in total. The predicted molar refractivity (Wildman–Crippen MR) is 252 cm³/mol. The van der Waals surface area contributed by atoms with Crippen molar-refractivity contribution in [1.29, 1.82) is 0 Å². The lowest BCUT2D eigenvalue weighted by Crippen LogP contribution is -2.55. The molecule has 0 atom stereocenters. The second kappa shape index (κ2) is 23.7. The van der Waals surface area contributed by atoms with E-state index in [0.29, 0.717) is 17.3 Å². The van der Waals surface area contributed by atoms with Gasteiger partial charge in [-0.2, -0.15) is 0 Å². The summed E-state index contributed by atoms with van der Waals surface area (Å²) in [4.78, 5) is 78.5. The third-order valence-corrected chi connectivity index (χ3v) is 15.2. The highest BCUT2D eigenvalue weighted by atomic mass is 33.1. The quantitative estimate of drug-likeness (QED) is 0.0530. The monoisotopic (exact) mass is 933 g/mol. The zero-order chi connectivity index (χ0) is 44.1. The normalized spacial score (nSPS) is 11.2. The van der Waals surface area contributed by atoms with E-state index in [9.17, 15) is 28.8 Å². The van der Waals surface area contributed by atoms with Crippen LogP contribution in [0, 0.1) is 62.3 Å². The molecule has 0 amide bonds. The molecule has 4 rings (SSSR count). The molecule has 0 aliphatic heterocycles. The Morgan fingerprint density at radius 3 is 0.850 bits per heavy atom. The number of benzene rings is 3. The Kier molecular flexibility index (Phi) is 19.5. The van der Waals surface area contributed by atoms with Gasteiger partial charge in [0.15, 0.2) is 0 Å². The number of carbonyl (C=O) groups is 3. The molecule has 4 aromatic rings. The van der Waals surface area contributed by atoms with Crippen LogP contribution in [0.25, 0.3) is 0 Å². The molecule has 0 spiro atoms. The van der Waals surface area contributed by atoms with Crippen LogP contribution in [0.4, 0.5) is 14.4 Å². The Morgan fingerprint density at radius 2 is 0.633 bits per heavy atom. The summed E-state index contributed by atoms with van der Waals surface area (Å²) in [5.41, 5.74) is 10.8. The summed E-state index contributed by atoms with van der Waals surface area (Å²) in [6, 6.07) is 12.5. The highest BCUT2D eigenvalue weighted by Crippen LogP contribution is 2.33. The minimum Gasteiger partial charge on any atom is -0.455 e. The number of aromatic nitrogens is 3. The number of carbonyl (C=O) groups excluding carboxylic acids is 3. The first-order valence-electron chi connectivity index (χ1n) is 19.0. The van der Waals surface area contributed by atoms with Gasteiger partial charge in [0.1, 0.15) is 19.8 Å². The molecule has 1 heterocycles. The van der Waals surface area contributed by atoms with Crippen LogP contribution in [0.5, 0.6) is 0 Å². The molecule has 0 radical (unpaired) electrons. The fraction of sp³-hybridized carbons (Fsp3) is 0.429. The van der Waals surface area contributed by atoms with Gasteiger partial charge in [0.05, 0.1) is 19.6 Å². The lowest BCUT2D eigenvalue weighted by Gasteiger charge is -2.14. The molecule has 0 saturated heterocycles. The van der Waals surface area contributed by atoms with Crippen LogP contribution in [-0.4, -0.2) is 49.4 Å². The average Bonchev–Trinajstić information content (AvgIpc) is 3.15. The Balaban J connectivity index is 1.39. The van der Waals surface area contributed by atoms with Gasteiger partial charge in [0, 0.05) is 49.6 Å². The molecule has 0 unspecified atom stereocenters. The first-order chi connectivity index (χ1) is 28.5. The summed E-state index contributed by atoms with van der Waals surface area (Å²) in [6.07, 6.45) is 0. The van der Waals surface area contributed by atoms with Crippen LogP contribution in [0.3, 0.4) is 0 Å². The van der Waals surface area contributed by atoms with Crippen molar-refractivity contribution in [2.45, 2.75) is 99.2 Å². The summed E-state index contributed by atoms with van der Waals surface area (Å²) in [5, 5.41) is -1.81. The molecular weight excluding hydrogens is 883 g/mol. The first-order valence-corrected chi connectivity index (χ1v) is 26.0. The van der Waals surface area contributed by atoms with E-state index in [1.165, 1.54) is 32.4 Å². The van der Waals surface area contributed by atoms with Gasteiger partial charge in [-0.3, -0.25) is 0 Å². The number of aryl methyl sites for hydroxylation is 9. The molecule has 0 aliphatic carbocycles. The van der Waals surface area contributed by atoms with E-state index in [-0.39, 0.29) is 39.5 Å². The predicted octanol–water partition coefficient (Wildman–Crippen LogP) is 10.1. The summed E-state index contributed by atoms with van der Waals surface area (Å²) in [7, 11) is 6.67. The second-order valence-electron chi connectivity index (χ2n) is 14.3. The molecule has 324 valence electrons. The number of hydrogen-bond acceptors (Lipinski definition) is 15. The van der Waals surface area contributed by atoms with Gasteiger partial charge in [0.25, 0.3) is 0 Å². The van der Waals surface area contributed by atoms with E-state index in [4.69, 9.17) is 14.2 Å². The fourth-order valence-electron chi connectivity index (χ4n) is 6.71. The van der Waals surface area contributed by atoms with Crippen LogP contribution >= 0.6 is 64.8 Å². The van der Waals surface area contributed by atoms with E-state index >= 15 is 0 Å². The fourth-order valence-corrected chi connectivity index (χ4v) is 12.2. The van der Waals surface area contributed by atoms with Gasteiger partial charge in [-0.15, -0.1) is 0 Å². The van der Waals surface area contributed by atoms with Crippen LogP contribution in [0.2, 0.25) is 0 Å². The molecule has 1 aromatic heterocycles. The molecule has 3 aromatic carbocycles. The number of nitrogens with zero attached hydrogens (tertiary/aromatic N) is 3. The lowest BCUT2D eigenvalue weighted by atomic mass is 10.0. The lowest BCUT2D eigenvalue weighted by molar-refractivity contribution is 0.162. The van der Waals surface area contributed by atoms with Crippen LogP contribution in [-0.2, 0) is 51.1 Å². The topological polar surface area (TPSA) is 145 Å². The highest BCUT2D eigenvalue weighted by Gasteiger charge is 2.19. The van der Waals surface area contributed by atoms with Crippen molar-refractivity contribution in [3.63, 3.8) is 0 Å². The average molecular weight is 934 g/mol. The largest absolute Gasteiger partial charge is 0.455 e. The van der Waals surface area contributed by atoms with Gasteiger partial charge in [-0.1, -0.05) is 85.5 Å². The minimum atomic E-state index is -0.960. The molecule has 0 bridgehead atoms. The molecular formula is C42H51N3O9S6. The summed E-state index contributed by atoms with van der Waals surface area (Å²) in [6.45, 7) is 16.2. The van der Waals surface area contributed by atoms with Gasteiger partial charge >= 0.3 is 33.0 Å². The molecule has 18 heteroatoms. The summed E-state index contributed by atoms with van der Waals surface area (Å²) in [5.74, 6) is 1.73. The number of rotatable bonds is 18. The maximum Gasteiger partial charge on any atom is 0.378 e.